The van der Waals surface area contributed by atoms with Crippen molar-refractivity contribution in [2.45, 2.75) is 19.8 Å². The molecule has 2 aromatic rings. The Labute approximate surface area is 124 Å². The van der Waals surface area contributed by atoms with Gasteiger partial charge in [0.1, 0.15) is 5.76 Å². The fourth-order valence-electron chi connectivity index (χ4n) is 1.83. The van der Waals surface area contributed by atoms with Crippen molar-refractivity contribution in [3.63, 3.8) is 0 Å². The third kappa shape index (κ3) is 5.52. The molecular formula is C16H19N3O2. The summed E-state index contributed by atoms with van der Waals surface area (Å²) < 4.78 is 5.06. The minimum atomic E-state index is -0.108. The van der Waals surface area contributed by atoms with Crippen LogP contribution in [0, 0.1) is 6.92 Å². The van der Waals surface area contributed by atoms with E-state index in [-0.39, 0.29) is 5.91 Å². The molecule has 0 aliphatic rings. The van der Waals surface area contributed by atoms with Gasteiger partial charge in [0.15, 0.2) is 0 Å². The highest BCUT2D eigenvalue weighted by Crippen LogP contribution is 2.09. The number of nitrogens with one attached hydrogen (secondary N) is 2. The summed E-state index contributed by atoms with van der Waals surface area (Å²) in [5.41, 5.74) is 4.76. The van der Waals surface area contributed by atoms with Crippen molar-refractivity contribution in [1.29, 1.82) is 0 Å². The van der Waals surface area contributed by atoms with Crippen molar-refractivity contribution in [1.82, 2.24) is 5.43 Å². The Morgan fingerprint density at radius 1 is 1.33 bits per heavy atom. The van der Waals surface area contributed by atoms with E-state index in [4.69, 9.17) is 4.42 Å². The van der Waals surface area contributed by atoms with E-state index < -0.39 is 0 Å². The van der Waals surface area contributed by atoms with Crippen LogP contribution < -0.4 is 10.7 Å². The monoisotopic (exact) mass is 285 g/mol. The lowest BCUT2D eigenvalue weighted by atomic mass is 10.2. The maximum Gasteiger partial charge on any atom is 0.240 e. The second-order valence-electron chi connectivity index (χ2n) is 4.71. The van der Waals surface area contributed by atoms with Gasteiger partial charge in [-0.2, -0.15) is 5.10 Å². The van der Waals surface area contributed by atoms with Crippen LogP contribution in [0.4, 0.5) is 5.69 Å². The number of nitrogens with zero attached hydrogens (tertiary/aromatic N) is 1. The number of amides is 1. The summed E-state index contributed by atoms with van der Waals surface area (Å²) in [4.78, 5) is 11.6. The summed E-state index contributed by atoms with van der Waals surface area (Å²) in [6.45, 7) is 2.80. The molecule has 0 atom stereocenters. The minimum absolute atomic E-state index is 0.108. The van der Waals surface area contributed by atoms with Crippen LogP contribution in [0.3, 0.4) is 0 Å². The molecule has 0 fully saturated rings. The Morgan fingerprint density at radius 2 is 2.24 bits per heavy atom. The summed E-state index contributed by atoms with van der Waals surface area (Å²) in [6, 6.07) is 11.7. The number of anilines is 1. The Kier molecular flexibility index (Phi) is 5.58. The number of hydrogen-bond donors (Lipinski definition) is 2. The van der Waals surface area contributed by atoms with Crippen molar-refractivity contribution in [2.75, 3.05) is 11.9 Å². The van der Waals surface area contributed by atoms with Crippen molar-refractivity contribution in [3.05, 3.63) is 54.0 Å². The van der Waals surface area contributed by atoms with E-state index in [0.717, 1.165) is 18.7 Å². The third-order valence-electron chi connectivity index (χ3n) is 2.85. The summed E-state index contributed by atoms with van der Waals surface area (Å²) >= 11 is 0. The minimum Gasteiger partial charge on any atom is -0.463 e. The standard InChI is InChI=1S/C16H19N3O2/c1-13-5-2-6-14(11-13)17-9-3-8-16(20)19-18-12-15-7-4-10-21-15/h2,4-7,10-12,17H,3,8-9H2,1H3,(H,19,20). The molecule has 0 saturated heterocycles. The lowest BCUT2D eigenvalue weighted by molar-refractivity contribution is -0.121. The number of benzene rings is 1. The van der Waals surface area contributed by atoms with Crippen LogP contribution in [0.15, 0.2) is 52.2 Å². The maximum atomic E-state index is 11.6. The lowest BCUT2D eigenvalue weighted by Gasteiger charge is -2.06. The molecule has 5 heteroatoms. The Bertz CT molecular complexity index is 591. The lowest BCUT2D eigenvalue weighted by Crippen LogP contribution is -2.18. The summed E-state index contributed by atoms with van der Waals surface area (Å²) in [7, 11) is 0. The second kappa shape index (κ2) is 7.89. The van der Waals surface area contributed by atoms with Gasteiger partial charge in [0.2, 0.25) is 5.91 Å². The zero-order valence-electron chi connectivity index (χ0n) is 12.0. The normalized spacial score (nSPS) is 10.7. The van der Waals surface area contributed by atoms with Crippen LogP contribution in [0.1, 0.15) is 24.2 Å². The van der Waals surface area contributed by atoms with Gasteiger partial charge in [-0.05, 0) is 43.2 Å². The van der Waals surface area contributed by atoms with Crippen molar-refractivity contribution < 1.29 is 9.21 Å². The topological polar surface area (TPSA) is 66.6 Å². The highest BCUT2D eigenvalue weighted by Gasteiger charge is 1.99. The third-order valence-corrected chi connectivity index (χ3v) is 2.85. The SMILES string of the molecule is Cc1cccc(NCCCC(=O)NN=Cc2ccco2)c1. The van der Waals surface area contributed by atoms with Gasteiger partial charge in [0.25, 0.3) is 0 Å². The molecule has 0 radical (unpaired) electrons. The number of hydrogen-bond acceptors (Lipinski definition) is 4. The second-order valence-corrected chi connectivity index (χ2v) is 4.71. The van der Waals surface area contributed by atoms with Crippen LogP contribution >= 0.6 is 0 Å². The Morgan fingerprint density at radius 3 is 3.00 bits per heavy atom. The van der Waals surface area contributed by atoms with Crippen molar-refractivity contribution in [2.24, 2.45) is 5.10 Å². The number of carbonyl (C=O) groups excluding carboxylic acids is 1. The first kappa shape index (κ1) is 14.8. The molecule has 1 heterocycles. The molecule has 110 valence electrons. The van der Waals surface area contributed by atoms with Gasteiger partial charge in [-0.1, -0.05) is 12.1 Å². The molecule has 0 aliphatic heterocycles. The van der Waals surface area contributed by atoms with Crippen molar-refractivity contribution in [3.8, 4) is 0 Å². The van der Waals surface area contributed by atoms with Crippen LogP contribution in [-0.2, 0) is 4.79 Å². The number of aryl methyl sites for hydroxylation is 1. The first-order valence-corrected chi connectivity index (χ1v) is 6.90. The van der Waals surface area contributed by atoms with Crippen molar-refractivity contribution >= 4 is 17.8 Å². The summed E-state index contributed by atoms with van der Waals surface area (Å²) in [5.74, 6) is 0.500. The molecule has 2 rings (SSSR count). The largest absolute Gasteiger partial charge is 0.463 e. The van der Waals surface area contributed by atoms with Crippen LogP contribution in [-0.4, -0.2) is 18.7 Å². The summed E-state index contributed by atoms with van der Waals surface area (Å²) in [5, 5.41) is 7.11. The van der Waals surface area contributed by atoms with E-state index in [1.54, 1.807) is 18.4 Å². The van der Waals surface area contributed by atoms with E-state index >= 15 is 0 Å². The average Bonchev–Trinajstić information content (AvgIpc) is 2.97. The van der Waals surface area contributed by atoms with Gasteiger partial charge in [0, 0.05) is 18.7 Å². The first-order valence-electron chi connectivity index (χ1n) is 6.90. The molecule has 2 N–H and O–H groups in total. The highest BCUT2D eigenvalue weighted by molar-refractivity contribution is 5.80. The predicted octanol–water partition coefficient (Wildman–Crippen LogP) is 2.93. The number of hydrazone groups is 1. The molecule has 21 heavy (non-hydrogen) atoms. The van der Waals surface area contributed by atoms with Gasteiger partial charge in [-0.3, -0.25) is 4.79 Å². The molecule has 0 saturated carbocycles. The molecule has 1 aromatic heterocycles. The van der Waals surface area contributed by atoms with E-state index in [1.807, 2.05) is 12.1 Å². The number of furan rings is 1. The van der Waals surface area contributed by atoms with E-state index in [9.17, 15) is 4.79 Å². The average molecular weight is 285 g/mol. The van der Waals surface area contributed by atoms with Crippen LogP contribution in [0.2, 0.25) is 0 Å². The Hall–Kier alpha value is -2.56. The maximum absolute atomic E-state index is 11.6. The Balaban J connectivity index is 1.61. The fraction of sp³-hybridized carbons (Fsp3) is 0.250. The van der Waals surface area contributed by atoms with E-state index in [2.05, 4.69) is 34.9 Å². The van der Waals surface area contributed by atoms with Gasteiger partial charge in [0.05, 0.1) is 12.5 Å². The molecule has 1 amide bonds. The molecular weight excluding hydrogens is 266 g/mol. The predicted molar refractivity (Wildman–Crippen MR) is 83.3 cm³/mol. The molecule has 0 unspecified atom stereocenters. The number of rotatable bonds is 7. The molecule has 0 bridgehead atoms. The number of carbonyl (C=O) groups is 1. The zero-order valence-corrected chi connectivity index (χ0v) is 12.0. The van der Waals surface area contributed by atoms with Gasteiger partial charge in [-0.15, -0.1) is 0 Å². The molecule has 0 aliphatic carbocycles. The molecule has 1 aromatic carbocycles. The van der Waals surface area contributed by atoms with E-state index in [0.29, 0.717) is 12.2 Å². The van der Waals surface area contributed by atoms with Gasteiger partial charge < -0.3 is 9.73 Å². The van der Waals surface area contributed by atoms with Gasteiger partial charge in [-0.25, -0.2) is 5.43 Å². The fourth-order valence-corrected chi connectivity index (χ4v) is 1.83. The van der Waals surface area contributed by atoms with E-state index in [1.165, 1.54) is 11.8 Å². The first-order chi connectivity index (χ1) is 10.2. The molecule has 5 nitrogen and oxygen atoms in total. The quantitative estimate of drug-likeness (QED) is 0.467. The highest BCUT2D eigenvalue weighted by atomic mass is 16.3. The zero-order chi connectivity index (χ0) is 14.9. The van der Waals surface area contributed by atoms with Crippen LogP contribution in [0.25, 0.3) is 0 Å². The van der Waals surface area contributed by atoms with Crippen LogP contribution in [0.5, 0.6) is 0 Å². The summed E-state index contributed by atoms with van der Waals surface area (Å²) in [6.07, 6.45) is 4.20. The smallest absolute Gasteiger partial charge is 0.240 e. The van der Waals surface area contributed by atoms with Gasteiger partial charge >= 0.3 is 0 Å². The molecule has 0 spiro atoms.